The van der Waals surface area contributed by atoms with Gasteiger partial charge in [0.15, 0.2) is 0 Å². The van der Waals surface area contributed by atoms with Gasteiger partial charge in [0, 0.05) is 31.4 Å². The third kappa shape index (κ3) is 5.32. The van der Waals surface area contributed by atoms with Crippen molar-refractivity contribution in [2.45, 2.75) is 37.8 Å². The first-order chi connectivity index (χ1) is 12.2. The van der Waals surface area contributed by atoms with E-state index in [0.29, 0.717) is 6.04 Å². The van der Waals surface area contributed by atoms with Crippen LogP contribution in [0.15, 0.2) is 60.7 Å². The molecule has 0 aromatic heterocycles. The first-order valence-corrected chi connectivity index (χ1v) is 9.44. The predicted molar refractivity (Wildman–Crippen MR) is 105 cm³/mol. The summed E-state index contributed by atoms with van der Waals surface area (Å²) in [7, 11) is 2.16. The largest absolute Gasteiger partial charge is 0.392 e. The summed E-state index contributed by atoms with van der Waals surface area (Å²) in [4.78, 5) is 4.83. The van der Waals surface area contributed by atoms with Crippen LogP contribution in [0.5, 0.6) is 0 Å². The monoisotopic (exact) mass is 338 g/mol. The minimum atomic E-state index is -0.266. The van der Waals surface area contributed by atoms with Crippen molar-refractivity contribution in [2.75, 3.05) is 31.6 Å². The number of rotatable bonds is 7. The van der Waals surface area contributed by atoms with Crippen LogP contribution in [-0.2, 0) is 6.42 Å². The quantitative estimate of drug-likeness (QED) is 0.836. The SMILES string of the molecule is CN(C[C@H](O)CCc1ccccc1)[C@H]1CCCN(c2ccccc2)C1. The summed E-state index contributed by atoms with van der Waals surface area (Å²) in [5, 5.41) is 10.4. The Bertz CT molecular complexity index is 616. The fraction of sp³-hybridized carbons (Fsp3) is 0.455. The Morgan fingerprint density at radius 2 is 1.76 bits per heavy atom. The molecule has 2 aromatic rings. The summed E-state index contributed by atoms with van der Waals surface area (Å²) < 4.78 is 0. The van der Waals surface area contributed by atoms with Crippen molar-refractivity contribution in [3.05, 3.63) is 66.2 Å². The van der Waals surface area contributed by atoms with Crippen molar-refractivity contribution in [2.24, 2.45) is 0 Å². The van der Waals surface area contributed by atoms with Crippen molar-refractivity contribution in [1.29, 1.82) is 0 Å². The third-order valence-electron chi connectivity index (χ3n) is 5.25. The number of nitrogens with zero attached hydrogens (tertiary/aromatic N) is 2. The first-order valence-electron chi connectivity index (χ1n) is 9.44. The first kappa shape index (κ1) is 18.0. The number of hydrogen-bond acceptors (Lipinski definition) is 3. The normalized spacial score (nSPS) is 19.2. The number of aliphatic hydroxyl groups excluding tert-OH is 1. The fourth-order valence-corrected chi connectivity index (χ4v) is 3.74. The zero-order chi connectivity index (χ0) is 17.5. The lowest BCUT2D eigenvalue weighted by Gasteiger charge is -2.39. The van der Waals surface area contributed by atoms with E-state index in [0.717, 1.165) is 32.5 Å². The second-order valence-corrected chi connectivity index (χ2v) is 7.20. The highest BCUT2D eigenvalue weighted by molar-refractivity contribution is 5.46. The number of benzene rings is 2. The molecule has 2 atom stereocenters. The van der Waals surface area contributed by atoms with Crippen molar-refractivity contribution >= 4 is 5.69 Å². The number of likely N-dealkylation sites (N-methyl/N-ethyl adjacent to an activating group) is 1. The molecule has 1 N–H and O–H groups in total. The van der Waals surface area contributed by atoms with E-state index in [1.165, 1.54) is 24.1 Å². The van der Waals surface area contributed by atoms with Crippen LogP contribution in [0.2, 0.25) is 0 Å². The van der Waals surface area contributed by atoms with Gasteiger partial charge < -0.3 is 10.0 Å². The van der Waals surface area contributed by atoms with Crippen LogP contribution in [0, 0.1) is 0 Å². The summed E-state index contributed by atoms with van der Waals surface area (Å²) in [5.74, 6) is 0. The van der Waals surface area contributed by atoms with Crippen LogP contribution >= 0.6 is 0 Å². The summed E-state index contributed by atoms with van der Waals surface area (Å²) in [6.07, 6.45) is 3.92. The Hall–Kier alpha value is -1.84. The molecule has 1 aliphatic heterocycles. The van der Waals surface area contributed by atoms with E-state index in [2.05, 4.69) is 71.4 Å². The lowest BCUT2D eigenvalue weighted by molar-refractivity contribution is 0.0926. The second-order valence-electron chi connectivity index (χ2n) is 7.20. The molecule has 1 saturated heterocycles. The Kier molecular flexibility index (Phi) is 6.48. The third-order valence-corrected chi connectivity index (χ3v) is 5.25. The van der Waals surface area contributed by atoms with Crippen LogP contribution in [0.1, 0.15) is 24.8 Å². The number of hydrogen-bond donors (Lipinski definition) is 1. The zero-order valence-electron chi connectivity index (χ0n) is 15.2. The molecule has 25 heavy (non-hydrogen) atoms. The van der Waals surface area contributed by atoms with E-state index < -0.39 is 0 Å². The van der Waals surface area contributed by atoms with E-state index in [1.807, 2.05) is 6.07 Å². The molecule has 134 valence electrons. The summed E-state index contributed by atoms with van der Waals surface area (Å²) in [5.41, 5.74) is 2.61. The average Bonchev–Trinajstić information content (AvgIpc) is 2.68. The van der Waals surface area contributed by atoms with Gasteiger partial charge in [0.25, 0.3) is 0 Å². The Morgan fingerprint density at radius 3 is 2.48 bits per heavy atom. The molecule has 3 rings (SSSR count). The Morgan fingerprint density at radius 1 is 1.08 bits per heavy atom. The second kappa shape index (κ2) is 9.02. The van der Waals surface area contributed by atoms with Crippen LogP contribution in [0.4, 0.5) is 5.69 Å². The molecule has 2 aromatic carbocycles. The molecule has 0 spiro atoms. The molecule has 0 amide bonds. The highest BCUT2D eigenvalue weighted by Gasteiger charge is 2.24. The van der Waals surface area contributed by atoms with Crippen molar-refractivity contribution in [3.63, 3.8) is 0 Å². The molecule has 1 fully saturated rings. The number of anilines is 1. The molecule has 1 heterocycles. The van der Waals surface area contributed by atoms with Gasteiger partial charge in [0.05, 0.1) is 6.10 Å². The van der Waals surface area contributed by atoms with Gasteiger partial charge in [0.2, 0.25) is 0 Å². The molecular weight excluding hydrogens is 308 g/mol. The van der Waals surface area contributed by atoms with E-state index in [9.17, 15) is 5.11 Å². The minimum absolute atomic E-state index is 0.266. The molecule has 0 saturated carbocycles. The Labute approximate surface area is 151 Å². The molecule has 0 bridgehead atoms. The maximum atomic E-state index is 10.4. The maximum Gasteiger partial charge on any atom is 0.0670 e. The summed E-state index contributed by atoms with van der Waals surface area (Å²) in [6, 6.07) is 21.6. The molecule has 3 heteroatoms. The van der Waals surface area contributed by atoms with Gasteiger partial charge in [-0.1, -0.05) is 48.5 Å². The molecule has 3 nitrogen and oxygen atoms in total. The van der Waals surface area contributed by atoms with Gasteiger partial charge in [-0.25, -0.2) is 0 Å². The van der Waals surface area contributed by atoms with Gasteiger partial charge in [-0.05, 0) is 50.4 Å². The van der Waals surface area contributed by atoms with Crippen LogP contribution < -0.4 is 4.90 Å². The number of piperidine rings is 1. The minimum Gasteiger partial charge on any atom is -0.392 e. The maximum absolute atomic E-state index is 10.4. The van der Waals surface area contributed by atoms with Crippen molar-refractivity contribution in [1.82, 2.24) is 4.90 Å². The van der Waals surface area contributed by atoms with Crippen molar-refractivity contribution < 1.29 is 5.11 Å². The van der Waals surface area contributed by atoms with Gasteiger partial charge in [-0.15, -0.1) is 0 Å². The van der Waals surface area contributed by atoms with E-state index in [4.69, 9.17) is 0 Å². The summed E-state index contributed by atoms with van der Waals surface area (Å²) >= 11 is 0. The molecule has 0 radical (unpaired) electrons. The number of para-hydroxylation sites is 1. The van der Waals surface area contributed by atoms with Gasteiger partial charge >= 0.3 is 0 Å². The number of aliphatic hydroxyl groups is 1. The predicted octanol–water partition coefficient (Wildman–Crippen LogP) is 3.58. The molecule has 1 aliphatic rings. The standard InChI is InChI=1S/C22H30N2O/c1-23(18-22(25)15-14-19-9-4-2-5-10-19)21-13-8-16-24(17-21)20-11-6-3-7-12-20/h2-7,9-12,21-22,25H,8,13-18H2,1H3/t21-,22+/m0/s1. The fourth-order valence-electron chi connectivity index (χ4n) is 3.74. The lowest BCUT2D eigenvalue weighted by atomic mass is 10.0. The highest BCUT2D eigenvalue weighted by atomic mass is 16.3. The van der Waals surface area contributed by atoms with Crippen molar-refractivity contribution in [3.8, 4) is 0 Å². The zero-order valence-corrected chi connectivity index (χ0v) is 15.2. The van der Waals surface area contributed by atoms with E-state index in [-0.39, 0.29) is 6.10 Å². The van der Waals surface area contributed by atoms with Crippen LogP contribution in [0.25, 0.3) is 0 Å². The van der Waals surface area contributed by atoms with Crippen LogP contribution in [0.3, 0.4) is 0 Å². The number of aryl methyl sites for hydroxylation is 1. The van der Waals surface area contributed by atoms with Gasteiger partial charge in [-0.3, -0.25) is 4.90 Å². The summed E-state index contributed by atoms with van der Waals surface area (Å²) in [6.45, 7) is 2.93. The molecule has 0 unspecified atom stereocenters. The smallest absolute Gasteiger partial charge is 0.0670 e. The lowest BCUT2D eigenvalue weighted by Crippen LogP contribution is -2.48. The topological polar surface area (TPSA) is 26.7 Å². The highest BCUT2D eigenvalue weighted by Crippen LogP contribution is 2.22. The molecule has 0 aliphatic carbocycles. The average molecular weight is 338 g/mol. The molecular formula is C22H30N2O. The van der Waals surface area contributed by atoms with E-state index >= 15 is 0 Å². The Balaban J connectivity index is 1.47. The van der Waals surface area contributed by atoms with Crippen LogP contribution in [-0.4, -0.2) is 48.8 Å². The van der Waals surface area contributed by atoms with E-state index in [1.54, 1.807) is 0 Å². The van der Waals surface area contributed by atoms with Gasteiger partial charge in [-0.2, -0.15) is 0 Å². The van der Waals surface area contributed by atoms with Gasteiger partial charge in [0.1, 0.15) is 0 Å².